The molecule has 1 atom stereocenters. The quantitative estimate of drug-likeness (QED) is 0.477. The molecule has 186 valence electrons. The molecule has 1 aromatic carbocycles. The summed E-state index contributed by atoms with van der Waals surface area (Å²) >= 11 is 8.24. The van der Waals surface area contributed by atoms with E-state index in [0.717, 1.165) is 78.7 Å². The molecule has 2 saturated heterocycles. The molecule has 0 N–H and O–H groups in total. The summed E-state index contributed by atoms with van der Waals surface area (Å²) in [5.41, 5.74) is 3.30. The van der Waals surface area contributed by atoms with Gasteiger partial charge in [-0.15, -0.1) is 11.3 Å². The lowest BCUT2D eigenvalue weighted by molar-refractivity contribution is -0.106. The van der Waals surface area contributed by atoms with Crippen LogP contribution in [0.4, 0.5) is 10.5 Å². The zero-order valence-electron chi connectivity index (χ0n) is 20.4. The topological polar surface area (TPSA) is 74.6 Å². The molecule has 35 heavy (non-hydrogen) atoms. The van der Waals surface area contributed by atoms with Crippen LogP contribution in [0.25, 0.3) is 10.6 Å². The van der Waals surface area contributed by atoms with Gasteiger partial charge >= 0.3 is 6.03 Å². The van der Waals surface area contributed by atoms with Crippen molar-refractivity contribution in [3.05, 3.63) is 52.8 Å². The normalized spacial score (nSPS) is 19.6. The van der Waals surface area contributed by atoms with Gasteiger partial charge < -0.3 is 14.6 Å². The maximum atomic E-state index is 12.9. The van der Waals surface area contributed by atoms with E-state index >= 15 is 0 Å². The van der Waals surface area contributed by atoms with Gasteiger partial charge in [-0.1, -0.05) is 23.7 Å². The van der Waals surface area contributed by atoms with E-state index in [-0.39, 0.29) is 11.4 Å². The number of rotatable bonds is 4. The largest absolute Gasteiger partial charge is 0.375 e. The molecule has 0 bridgehead atoms. The molecule has 1 amide bonds. The summed E-state index contributed by atoms with van der Waals surface area (Å²) < 4.78 is 1.46. The van der Waals surface area contributed by atoms with Gasteiger partial charge in [0.1, 0.15) is 11.3 Å². The minimum Gasteiger partial charge on any atom is -0.375 e. The van der Waals surface area contributed by atoms with Crippen molar-refractivity contribution in [1.82, 2.24) is 24.6 Å². The molecule has 2 fully saturated rings. The van der Waals surface area contributed by atoms with Gasteiger partial charge in [-0.05, 0) is 37.9 Å². The first-order valence-electron chi connectivity index (χ1n) is 11.7. The average molecular weight is 515 g/mol. The molecule has 4 heterocycles. The molecule has 1 spiro atoms. The van der Waals surface area contributed by atoms with Crippen LogP contribution in [0.3, 0.4) is 0 Å². The Hall–Kier alpha value is -2.75. The Bertz CT molecular complexity index is 1160. The number of anilines is 1. The van der Waals surface area contributed by atoms with E-state index in [0.29, 0.717) is 0 Å². The van der Waals surface area contributed by atoms with Crippen LogP contribution < -0.4 is 4.90 Å². The molecule has 0 saturated carbocycles. The lowest BCUT2D eigenvalue weighted by atomic mass is 9.86. The molecule has 3 aromatic rings. The van der Waals surface area contributed by atoms with Gasteiger partial charge in [0.15, 0.2) is 0 Å². The third-order valence-electron chi connectivity index (χ3n) is 6.63. The van der Waals surface area contributed by atoms with Crippen molar-refractivity contribution in [2.75, 3.05) is 45.2 Å². The summed E-state index contributed by atoms with van der Waals surface area (Å²) in [4.78, 5) is 32.5. The summed E-state index contributed by atoms with van der Waals surface area (Å²) in [6.07, 6.45) is 8.23. The Morgan fingerprint density at radius 1 is 1.26 bits per heavy atom. The first-order valence-corrected chi connectivity index (χ1v) is 12.9. The maximum absolute atomic E-state index is 12.9. The zero-order chi connectivity index (χ0) is 25.0. The maximum Gasteiger partial charge on any atom is 0.344 e. The number of hydrogen-bond acceptors (Lipinski definition) is 7. The van der Waals surface area contributed by atoms with Gasteiger partial charge in [0.05, 0.1) is 18.1 Å². The average Bonchev–Trinajstić information content (AvgIpc) is 3.64. The highest BCUT2D eigenvalue weighted by molar-refractivity contribution is 7.13. The smallest absolute Gasteiger partial charge is 0.344 e. The van der Waals surface area contributed by atoms with Crippen LogP contribution in [0.5, 0.6) is 0 Å². The third kappa shape index (κ3) is 5.74. The van der Waals surface area contributed by atoms with Crippen molar-refractivity contribution in [1.29, 1.82) is 0 Å². The Kier molecular flexibility index (Phi) is 7.88. The Labute approximate surface area is 215 Å². The number of likely N-dealkylation sites (tertiary alicyclic amines) is 2. The van der Waals surface area contributed by atoms with Crippen molar-refractivity contribution in [3.8, 4) is 10.6 Å². The van der Waals surface area contributed by atoms with Crippen molar-refractivity contribution in [3.63, 3.8) is 0 Å². The second-order valence-electron chi connectivity index (χ2n) is 9.33. The predicted octanol–water partition coefficient (Wildman–Crippen LogP) is 4.50. The van der Waals surface area contributed by atoms with Gasteiger partial charge in [0.2, 0.25) is 0 Å². The van der Waals surface area contributed by atoms with E-state index < -0.39 is 0 Å². The van der Waals surface area contributed by atoms with Gasteiger partial charge in [-0.25, -0.2) is 9.78 Å². The highest BCUT2D eigenvalue weighted by Crippen LogP contribution is 2.40. The van der Waals surface area contributed by atoms with Crippen molar-refractivity contribution in [2.45, 2.75) is 26.3 Å². The summed E-state index contributed by atoms with van der Waals surface area (Å²) in [6, 6.07) is 6.21. The highest BCUT2D eigenvalue weighted by Gasteiger charge is 2.45. The number of carbonyl (C=O) groups excluding carboxylic acids is 2. The second kappa shape index (κ2) is 10.9. The SMILES string of the molecule is CC=O.CN(C)c1cnn(C(=O)N2CCC3(CCN(Cc4ccc(-c5nccs5)cc4Cl)C3)C2)c1. The van der Waals surface area contributed by atoms with E-state index in [1.54, 1.807) is 23.7 Å². The Balaban J connectivity index is 0.000000917. The Morgan fingerprint density at radius 2 is 2.03 bits per heavy atom. The molecule has 2 aliphatic rings. The Morgan fingerprint density at radius 3 is 2.69 bits per heavy atom. The van der Waals surface area contributed by atoms with Crippen LogP contribution in [-0.4, -0.2) is 77.2 Å². The van der Waals surface area contributed by atoms with Crippen LogP contribution in [-0.2, 0) is 11.3 Å². The molecule has 2 aromatic heterocycles. The standard InChI is InChI=1S/C23H27ClN6OS.C2H4O/c1-27(2)19-12-26-30(14-19)22(31)29-9-6-23(16-29)5-8-28(15-23)13-18-4-3-17(11-20(18)24)21-25-7-10-32-21;1-2-3/h3-4,7,10-12,14H,5-6,8-9,13,15-16H2,1-2H3;2H,1H3. The predicted molar refractivity (Wildman–Crippen MR) is 140 cm³/mol. The fourth-order valence-electron chi connectivity index (χ4n) is 4.80. The van der Waals surface area contributed by atoms with Crippen LogP contribution >= 0.6 is 22.9 Å². The fourth-order valence-corrected chi connectivity index (χ4v) is 5.68. The zero-order valence-corrected chi connectivity index (χ0v) is 21.9. The van der Waals surface area contributed by atoms with Crippen LogP contribution in [0.2, 0.25) is 5.02 Å². The molecule has 0 aliphatic carbocycles. The first kappa shape index (κ1) is 25.3. The number of benzene rings is 1. The van der Waals surface area contributed by atoms with Crippen molar-refractivity contribution < 1.29 is 9.59 Å². The summed E-state index contributed by atoms with van der Waals surface area (Å²) in [5.74, 6) is 0. The molecule has 5 rings (SSSR count). The summed E-state index contributed by atoms with van der Waals surface area (Å²) in [6.45, 7) is 5.86. The van der Waals surface area contributed by atoms with Gasteiger partial charge in [0.25, 0.3) is 0 Å². The second-order valence-corrected chi connectivity index (χ2v) is 10.6. The minimum absolute atomic E-state index is 0.0331. The number of thiazole rings is 1. The van der Waals surface area contributed by atoms with Gasteiger partial charge in [-0.3, -0.25) is 4.90 Å². The van der Waals surface area contributed by atoms with Crippen molar-refractivity contribution in [2.24, 2.45) is 5.41 Å². The first-order chi connectivity index (χ1) is 16.8. The lowest BCUT2D eigenvalue weighted by Crippen LogP contribution is -2.36. The molecule has 8 nitrogen and oxygen atoms in total. The van der Waals surface area contributed by atoms with Crippen LogP contribution in [0.1, 0.15) is 25.3 Å². The van der Waals surface area contributed by atoms with E-state index in [4.69, 9.17) is 16.4 Å². The number of halogens is 1. The van der Waals surface area contributed by atoms with Crippen LogP contribution in [0.15, 0.2) is 42.2 Å². The van der Waals surface area contributed by atoms with E-state index in [1.807, 2.05) is 41.5 Å². The molecular weight excluding hydrogens is 484 g/mol. The third-order valence-corrected chi connectivity index (χ3v) is 7.81. The van der Waals surface area contributed by atoms with Crippen LogP contribution in [0, 0.1) is 5.41 Å². The summed E-state index contributed by atoms with van der Waals surface area (Å²) in [7, 11) is 3.89. The van der Waals surface area contributed by atoms with Gasteiger partial charge in [0, 0.05) is 67.9 Å². The van der Waals surface area contributed by atoms with E-state index in [2.05, 4.69) is 27.1 Å². The monoisotopic (exact) mass is 514 g/mol. The molecule has 10 heteroatoms. The fraction of sp³-hybridized carbons (Fsp3) is 0.440. The number of nitrogens with zero attached hydrogens (tertiary/aromatic N) is 6. The van der Waals surface area contributed by atoms with Gasteiger partial charge in [-0.2, -0.15) is 9.78 Å². The molecule has 0 radical (unpaired) electrons. The number of amides is 1. The number of aromatic nitrogens is 3. The van der Waals surface area contributed by atoms with E-state index in [1.165, 1.54) is 11.6 Å². The molecular formula is C25H31ClN6O2S. The van der Waals surface area contributed by atoms with E-state index in [9.17, 15) is 4.79 Å². The van der Waals surface area contributed by atoms with Crippen molar-refractivity contribution >= 4 is 40.9 Å². The highest BCUT2D eigenvalue weighted by atomic mass is 35.5. The number of aldehydes is 1. The minimum atomic E-state index is -0.0331. The molecule has 1 unspecified atom stereocenters. The lowest BCUT2D eigenvalue weighted by Gasteiger charge is -2.25. The number of hydrogen-bond donors (Lipinski definition) is 0. The summed E-state index contributed by atoms with van der Waals surface area (Å²) in [5, 5.41) is 8.01. The molecule has 2 aliphatic heterocycles. The number of carbonyl (C=O) groups is 2.